The summed E-state index contributed by atoms with van der Waals surface area (Å²) in [5.41, 5.74) is 0.697. The minimum absolute atomic E-state index is 0.0121. The van der Waals surface area contributed by atoms with Crippen molar-refractivity contribution in [2.75, 3.05) is 26.9 Å². The molecular formula is C19H25NO4. The third-order valence-corrected chi connectivity index (χ3v) is 5.32. The second-order valence-corrected chi connectivity index (χ2v) is 7.05. The van der Waals surface area contributed by atoms with E-state index in [0.29, 0.717) is 12.1 Å². The van der Waals surface area contributed by atoms with Crippen molar-refractivity contribution in [3.63, 3.8) is 0 Å². The van der Waals surface area contributed by atoms with E-state index in [1.807, 2.05) is 29.2 Å². The van der Waals surface area contributed by atoms with E-state index in [0.717, 1.165) is 37.7 Å². The molecule has 1 aromatic rings. The van der Waals surface area contributed by atoms with Gasteiger partial charge in [0.1, 0.15) is 18.0 Å². The molecule has 0 spiro atoms. The van der Waals surface area contributed by atoms with Gasteiger partial charge in [0.25, 0.3) is 5.91 Å². The van der Waals surface area contributed by atoms with Gasteiger partial charge in [-0.3, -0.25) is 4.79 Å². The Kier molecular flexibility index (Phi) is 4.46. The summed E-state index contributed by atoms with van der Waals surface area (Å²) < 4.78 is 17.3. The molecule has 0 radical (unpaired) electrons. The molecular weight excluding hydrogens is 306 g/mol. The number of nitrogens with zero attached hydrogens (tertiary/aromatic N) is 1. The highest BCUT2D eigenvalue weighted by molar-refractivity contribution is 5.94. The number of ether oxygens (including phenoxy) is 3. The maximum absolute atomic E-state index is 13.0. The second kappa shape index (κ2) is 6.73. The fraction of sp³-hybridized carbons (Fsp3) is 0.632. The lowest BCUT2D eigenvalue weighted by atomic mass is 10.0. The lowest BCUT2D eigenvalue weighted by molar-refractivity contribution is -0.0781. The van der Waals surface area contributed by atoms with Crippen molar-refractivity contribution in [3.05, 3.63) is 29.8 Å². The second-order valence-electron chi connectivity index (χ2n) is 7.05. The number of hydrogen-bond acceptors (Lipinski definition) is 4. The Morgan fingerprint density at radius 2 is 2.04 bits per heavy atom. The number of benzene rings is 1. The maximum atomic E-state index is 13.0. The normalized spacial score (nSPS) is 29.4. The van der Waals surface area contributed by atoms with Crippen molar-refractivity contribution in [1.29, 1.82) is 0 Å². The number of carbonyl (C=O) groups is 1. The number of methoxy groups -OCH3 is 1. The van der Waals surface area contributed by atoms with Crippen LogP contribution in [0.5, 0.6) is 5.75 Å². The summed E-state index contributed by atoms with van der Waals surface area (Å²) in [6.45, 7) is 2.21. The van der Waals surface area contributed by atoms with Crippen LogP contribution >= 0.6 is 0 Å². The van der Waals surface area contributed by atoms with Crippen LogP contribution in [-0.2, 0) is 9.47 Å². The largest absolute Gasteiger partial charge is 0.497 e. The quantitative estimate of drug-likeness (QED) is 0.832. The Morgan fingerprint density at radius 1 is 1.25 bits per heavy atom. The van der Waals surface area contributed by atoms with Gasteiger partial charge < -0.3 is 19.1 Å². The highest BCUT2D eigenvalue weighted by Gasteiger charge is 2.47. The molecule has 2 heterocycles. The minimum atomic E-state index is 0.0121. The van der Waals surface area contributed by atoms with E-state index < -0.39 is 0 Å². The minimum Gasteiger partial charge on any atom is -0.497 e. The van der Waals surface area contributed by atoms with Gasteiger partial charge in [-0.15, -0.1) is 0 Å². The molecule has 1 saturated carbocycles. The fourth-order valence-corrected chi connectivity index (χ4v) is 3.73. The van der Waals surface area contributed by atoms with Gasteiger partial charge in [-0.05, 0) is 55.9 Å². The van der Waals surface area contributed by atoms with Gasteiger partial charge in [0, 0.05) is 18.8 Å². The van der Waals surface area contributed by atoms with E-state index in [-0.39, 0.29) is 24.2 Å². The average Bonchev–Trinajstić information content (AvgIpc) is 3.40. The lowest BCUT2D eigenvalue weighted by Crippen LogP contribution is -2.43. The van der Waals surface area contributed by atoms with E-state index in [2.05, 4.69) is 0 Å². The number of likely N-dealkylation sites (tertiary alicyclic amines) is 1. The van der Waals surface area contributed by atoms with Gasteiger partial charge in [0.15, 0.2) is 0 Å². The monoisotopic (exact) mass is 331 g/mol. The summed E-state index contributed by atoms with van der Waals surface area (Å²) in [6, 6.07) is 7.46. The molecule has 1 amide bonds. The average molecular weight is 331 g/mol. The van der Waals surface area contributed by atoms with Crippen molar-refractivity contribution >= 4 is 5.91 Å². The predicted octanol–water partition coefficient (Wildman–Crippen LogP) is 2.49. The number of carbonyl (C=O) groups excluding carboxylic acids is 1. The molecule has 0 N–H and O–H groups in total. The van der Waals surface area contributed by atoms with Crippen molar-refractivity contribution in [3.8, 4) is 5.75 Å². The van der Waals surface area contributed by atoms with Crippen LogP contribution < -0.4 is 4.74 Å². The van der Waals surface area contributed by atoms with Gasteiger partial charge in [0.05, 0.1) is 19.7 Å². The van der Waals surface area contributed by atoms with Gasteiger partial charge in [-0.1, -0.05) is 0 Å². The number of amides is 1. The molecule has 3 fully saturated rings. The number of rotatable bonds is 5. The van der Waals surface area contributed by atoms with E-state index in [1.54, 1.807) is 7.11 Å². The van der Waals surface area contributed by atoms with Gasteiger partial charge >= 0.3 is 0 Å². The van der Waals surface area contributed by atoms with Crippen LogP contribution in [0.2, 0.25) is 0 Å². The summed E-state index contributed by atoms with van der Waals surface area (Å²) >= 11 is 0. The van der Waals surface area contributed by atoms with Crippen LogP contribution in [0.4, 0.5) is 0 Å². The van der Waals surface area contributed by atoms with Gasteiger partial charge in [-0.25, -0.2) is 0 Å². The Bertz CT molecular complexity index is 584. The Hall–Kier alpha value is -1.59. The molecule has 5 heteroatoms. The Labute approximate surface area is 142 Å². The third kappa shape index (κ3) is 3.15. The molecule has 0 bridgehead atoms. The fourth-order valence-electron chi connectivity index (χ4n) is 3.73. The highest BCUT2D eigenvalue weighted by atomic mass is 16.5. The van der Waals surface area contributed by atoms with Crippen molar-refractivity contribution in [2.45, 2.75) is 43.9 Å². The molecule has 4 rings (SSSR count). The Morgan fingerprint density at radius 3 is 2.75 bits per heavy atom. The SMILES string of the molecule is COc1ccc(C(=O)N2C[C@@H](OCC3CC3)[C@H]3OCCC[C@H]32)cc1. The topological polar surface area (TPSA) is 48.0 Å². The summed E-state index contributed by atoms with van der Waals surface area (Å²) in [6.07, 6.45) is 4.59. The molecule has 1 aromatic carbocycles. The molecule has 2 saturated heterocycles. The first-order chi connectivity index (χ1) is 11.8. The van der Waals surface area contributed by atoms with E-state index >= 15 is 0 Å². The first kappa shape index (κ1) is 15.9. The number of hydrogen-bond donors (Lipinski definition) is 0. The first-order valence-corrected chi connectivity index (χ1v) is 8.94. The molecule has 5 nitrogen and oxygen atoms in total. The number of fused-ring (bicyclic) bond motifs is 1. The van der Waals surface area contributed by atoms with Crippen molar-refractivity contribution in [2.24, 2.45) is 5.92 Å². The highest BCUT2D eigenvalue weighted by Crippen LogP contribution is 2.34. The zero-order chi connectivity index (χ0) is 16.5. The lowest BCUT2D eigenvalue weighted by Gasteiger charge is -2.32. The van der Waals surface area contributed by atoms with E-state index in [9.17, 15) is 4.79 Å². The van der Waals surface area contributed by atoms with Crippen LogP contribution in [0, 0.1) is 5.92 Å². The van der Waals surface area contributed by atoms with E-state index in [4.69, 9.17) is 14.2 Å². The molecule has 2 aliphatic heterocycles. The van der Waals surface area contributed by atoms with Crippen LogP contribution in [0.15, 0.2) is 24.3 Å². The zero-order valence-corrected chi connectivity index (χ0v) is 14.1. The van der Waals surface area contributed by atoms with Crippen LogP contribution in [0.3, 0.4) is 0 Å². The molecule has 1 aliphatic carbocycles. The van der Waals surface area contributed by atoms with E-state index in [1.165, 1.54) is 12.8 Å². The van der Waals surface area contributed by atoms with Crippen molar-refractivity contribution < 1.29 is 19.0 Å². The molecule has 3 aliphatic rings. The van der Waals surface area contributed by atoms with Gasteiger partial charge in [0.2, 0.25) is 0 Å². The molecule has 3 atom stereocenters. The van der Waals surface area contributed by atoms with Crippen LogP contribution in [0.1, 0.15) is 36.0 Å². The Balaban J connectivity index is 1.48. The maximum Gasteiger partial charge on any atom is 0.254 e. The summed E-state index contributed by atoms with van der Waals surface area (Å²) in [5.74, 6) is 1.55. The molecule has 130 valence electrons. The predicted molar refractivity (Wildman–Crippen MR) is 89.3 cm³/mol. The molecule has 0 unspecified atom stereocenters. The summed E-state index contributed by atoms with van der Waals surface area (Å²) in [5, 5.41) is 0. The third-order valence-electron chi connectivity index (χ3n) is 5.32. The summed E-state index contributed by atoms with van der Waals surface area (Å²) in [4.78, 5) is 14.9. The van der Waals surface area contributed by atoms with Crippen LogP contribution in [-0.4, -0.2) is 55.9 Å². The summed E-state index contributed by atoms with van der Waals surface area (Å²) in [7, 11) is 1.63. The van der Waals surface area contributed by atoms with Crippen molar-refractivity contribution in [1.82, 2.24) is 4.90 Å². The molecule has 0 aromatic heterocycles. The smallest absolute Gasteiger partial charge is 0.254 e. The first-order valence-electron chi connectivity index (χ1n) is 8.94. The standard InChI is InChI=1S/C19H25NO4/c1-22-15-8-6-14(7-9-15)19(21)20-11-17(24-12-13-4-5-13)18-16(20)3-2-10-23-18/h6-9,13,16-18H,2-5,10-12H2,1H3/t16-,17-,18+/m1/s1. The van der Waals surface area contributed by atoms with Gasteiger partial charge in [-0.2, -0.15) is 0 Å². The molecule has 24 heavy (non-hydrogen) atoms. The zero-order valence-electron chi connectivity index (χ0n) is 14.1. The van der Waals surface area contributed by atoms with Crippen LogP contribution in [0.25, 0.3) is 0 Å².